The van der Waals surface area contributed by atoms with E-state index in [9.17, 15) is 0 Å². The van der Waals surface area contributed by atoms with Crippen LogP contribution in [0.5, 0.6) is 0 Å². The van der Waals surface area contributed by atoms with E-state index in [4.69, 9.17) is 23.2 Å². The molecule has 0 amide bonds. The number of halogens is 2. The second kappa shape index (κ2) is 9.94. The highest BCUT2D eigenvalue weighted by Crippen LogP contribution is 2.46. The zero-order valence-corrected chi connectivity index (χ0v) is 27.3. The third-order valence-corrected chi connectivity index (χ3v) is 9.26. The predicted octanol–water partition coefficient (Wildman–Crippen LogP) is 9.61. The molecule has 214 valence electrons. The van der Waals surface area contributed by atoms with Crippen molar-refractivity contribution < 1.29 is 0 Å². The standard InChI is InChI=1S/C38H35BCl2N2/c1-22-12-23(2)15-29(14-22)42-33-10-8-27(40)20-31(33)39-32-21-28(41)9-11-34(32)43(30-16-24(3)13-25(4)17-30)36-19-26(38(5,6)7)18-35(42)37(36)39/h8-21H,1-7H3. The number of hydrogen-bond acceptors (Lipinski definition) is 2. The molecule has 5 aromatic rings. The quantitative estimate of drug-likeness (QED) is 0.182. The van der Waals surface area contributed by atoms with Gasteiger partial charge in [0.1, 0.15) is 0 Å². The molecule has 0 aromatic heterocycles. The maximum atomic E-state index is 6.78. The molecule has 0 bridgehead atoms. The summed E-state index contributed by atoms with van der Waals surface area (Å²) in [4.78, 5) is 4.90. The molecular weight excluding hydrogens is 566 g/mol. The molecule has 0 fully saturated rings. The number of hydrogen-bond donors (Lipinski definition) is 0. The van der Waals surface area contributed by atoms with E-state index in [0.29, 0.717) is 0 Å². The first-order valence-corrected chi connectivity index (χ1v) is 15.7. The van der Waals surface area contributed by atoms with Crippen LogP contribution in [0.4, 0.5) is 34.1 Å². The number of anilines is 6. The average molecular weight is 601 g/mol. The minimum Gasteiger partial charge on any atom is -0.311 e. The summed E-state index contributed by atoms with van der Waals surface area (Å²) in [5.74, 6) is 0. The van der Waals surface area contributed by atoms with Crippen molar-refractivity contribution in [2.75, 3.05) is 9.80 Å². The zero-order valence-electron chi connectivity index (χ0n) is 25.8. The van der Waals surface area contributed by atoms with Gasteiger partial charge in [-0.3, -0.25) is 0 Å². The van der Waals surface area contributed by atoms with Crippen LogP contribution in [0.1, 0.15) is 48.6 Å². The van der Waals surface area contributed by atoms with Gasteiger partial charge in [0.15, 0.2) is 0 Å². The van der Waals surface area contributed by atoms with Crippen molar-refractivity contribution in [1.29, 1.82) is 0 Å². The summed E-state index contributed by atoms with van der Waals surface area (Å²) >= 11 is 13.6. The first-order chi connectivity index (χ1) is 20.4. The highest BCUT2D eigenvalue weighted by atomic mass is 35.5. The summed E-state index contributed by atoms with van der Waals surface area (Å²) in [6, 6.07) is 31.1. The SMILES string of the molecule is Cc1cc(C)cc(N2c3ccc(Cl)cc3B3c4cc(Cl)ccc4N(c4cc(C)cc(C)c4)c4cc(C(C)(C)C)cc2c43)c1. The molecule has 2 aliphatic rings. The van der Waals surface area contributed by atoms with E-state index in [1.165, 1.54) is 55.6 Å². The highest BCUT2D eigenvalue weighted by Gasteiger charge is 2.44. The first kappa shape index (κ1) is 28.1. The molecule has 43 heavy (non-hydrogen) atoms. The minimum absolute atomic E-state index is 0.0225. The molecule has 2 heterocycles. The molecular formula is C38H35BCl2N2. The van der Waals surface area contributed by atoms with Gasteiger partial charge in [-0.25, -0.2) is 0 Å². The summed E-state index contributed by atoms with van der Waals surface area (Å²) in [7, 11) is 0. The molecule has 0 saturated carbocycles. The van der Waals surface area contributed by atoms with Crippen LogP contribution in [0.25, 0.3) is 0 Å². The van der Waals surface area contributed by atoms with Crippen LogP contribution in [-0.4, -0.2) is 6.71 Å². The molecule has 7 rings (SSSR count). The highest BCUT2D eigenvalue weighted by molar-refractivity contribution is 7.00. The van der Waals surface area contributed by atoms with Crippen molar-refractivity contribution in [3.8, 4) is 0 Å². The van der Waals surface area contributed by atoms with Crippen LogP contribution in [0, 0.1) is 27.7 Å². The second-order valence-corrected chi connectivity index (χ2v) is 14.3. The fourth-order valence-electron chi connectivity index (χ4n) is 7.10. The molecule has 0 atom stereocenters. The van der Waals surface area contributed by atoms with Crippen LogP contribution in [0.2, 0.25) is 10.0 Å². The normalized spacial score (nSPS) is 13.6. The van der Waals surface area contributed by atoms with Gasteiger partial charge >= 0.3 is 0 Å². The van der Waals surface area contributed by atoms with Gasteiger partial charge in [0.25, 0.3) is 6.71 Å². The minimum atomic E-state index is -0.0655. The van der Waals surface area contributed by atoms with Gasteiger partial charge in [0.05, 0.1) is 0 Å². The molecule has 0 N–H and O–H groups in total. The van der Waals surface area contributed by atoms with E-state index >= 15 is 0 Å². The summed E-state index contributed by atoms with van der Waals surface area (Å²) in [5.41, 5.74) is 16.8. The van der Waals surface area contributed by atoms with E-state index < -0.39 is 0 Å². The van der Waals surface area contributed by atoms with Gasteiger partial charge in [0, 0.05) is 44.2 Å². The van der Waals surface area contributed by atoms with Crippen LogP contribution in [0.15, 0.2) is 84.9 Å². The Morgan fingerprint density at radius 1 is 0.512 bits per heavy atom. The smallest absolute Gasteiger partial charge is 0.252 e. The maximum Gasteiger partial charge on any atom is 0.252 e. The number of benzene rings is 5. The van der Waals surface area contributed by atoms with E-state index in [-0.39, 0.29) is 12.1 Å². The van der Waals surface area contributed by atoms with Gasteiger partial charge in [-0.2, -0.15) is 0 Å². The zero-order chi connectivity index (χ0) is 30.4. The Labute approximate surface area is 266 Å². The largest absolute Gasteiger partial charge is 0.311 e. The molecule has 2 nitrogen and oxygen atoms in total. The Balaban J connectivity index is 1.65. The maximum absolute atomic E-state index is 6.78. The number of nitrogens with zero attached hydrogens (tertiary/aromatic N) is 2. The van der Waals surface area contributed by atoms with Crippen molar-refractivity contribution in [3.05, 3.63) is 123 Å². The van der Waals surface area contributed by atoms with Crippen molar-refractivity contribution in [3.63, 3.8) is 0 Å². The number of rotatable bonds is 2. The van der Waals surface area contributed by atoms with Crippen molar-refractivity contribution in [2.45, 2.75) is 53.9 Å². The van der Waals surface area contributed by atoms with Crippen molar-refractivity contribution >= 4 is 80.4 Å². The first-order valence-electron chi connectivity index (χ1n) is 14.9. The fraction of sp³-hybridized carbons (Fsp3) is 0.211. The van der Waals surface area contributed by atoms with Crippen LogP contribution in [-0.2, 0) is 5.41 Å². The number of fused-ring (bicyclic) bond motifs is 4. The third-order valence-electron chi connectivity index (χ3n) is 8.79. The van der Waals surface area contributed by atoms with Gasteiger partial charge in [-0.05, 0) is 150 Å². The van der Waals surface area contributed by atoms with E-state index in [2.05, 4.69) is 131 Å². The van der Waals surface area contributed by atoms with Gasteiger partial charge in [0.2, 0.25) is 0 Å². The number of aryl methyl sites for hydroxylation is 4. The lowest BCUT2D eigenvalue weighted by Crippen LogP contribution is -2.61. The fourth-order valence-corrected chi connectivity index (χ4v) is 7.46. The predicted molar refractivity (Wildman–Crippen MR) is 188 cm³/mol. The Morgan fingerprint density at radius 2 is 0.907 bits per heavy atom. The molecule has 0 spiro atoms. The summed E-state index contributed by atoms with van der Waals surface area (Å²) in [6.07, 6.45) is 0. The lowest BCUT2D eigenvalue weighted by atomic mass is 9.33. The lowest BCUT2D eigenvalue weighted by molar-refractivity contribution is 0.590. The van der Waals surface area contributed by atoms with E-state index in [1.54, 1.807) is 0 Å². The van der Waals surface area contributed by atoms with Gasteiger partial charge < -0.3 is 9.80 Å². The Hall–Kier alpha value is -3.66. The topological polar surface area (TPSA) is 6.48 Å². The van der Waals surface area contributed by atoms with E-state index in [1.807, 2.05) is 12.1 Å². The van der Waals surface area contributed by atoms with Crippen molar-refractivity contribution in [1.82, 2.24) is 0 Å². The molecule has 5 heteroatoms. The van der Waals surface area contributed by atoms with Gasteiger partial charge in [-0.1, -0.05) is 56.1 Å². The molecule has 0 unspecified atom stereocenters. The Kier molecular flexibility index (Phi) is 6.50. The molecule has 0 saturated heterocycles. The summed E-state index contributed by atoms with van der Waals surface area (Å²) in [5, 5.41) is 1.46. The third kappa shape index (κ3) is 4.65. The molecule has 0 aliphatic carbocycles. The molecule has 0 radical (unpaired) electrons. The average Bonchev–Trinajstić information content (AvgIpc) is 2.91. The van der Waals surface area contributed by atoms with E-state index in [0.717, 1.165) is 32.8 Å². The Morgan fingerprint density at radius 3 is 1.28 bits per heavy atom. The van der Waals surface area contributed by atoms with Gasteiger partial charge in [-0.15, -0.1) is 0 Å². The van der Waals surface area contributed by atoms with Crippen molar-refractivity contribution in [2.24, 2.45) is 0 Å². The molecule has 5 aromatic carbocycles. The second-order valence-electron chi connectivity index (χ2n) is 13.4. The molecule has 2 aliphatic heterocycles. The monoisotopic (exact) mass is 600 g/mol. The summed E-state index contributed by atoms with van der Waals surface area (Å²) < 4.78 is 0. The van der Waals surface area contributed by atoms with Crippen LogP contribution in [0.3, 0.4) is 0 Å². The van der Waals surface area contributed by atoms with Crippen LogP contribution < -0.4 is 26.2 Å². The van der Waals surface area contributed by atoms with Crippen LogP contribution >= 0.6 is 23.2 Å². The lowest BCUT2D eigenvalue weighted by Gasteiger charge is -2.45. The Bertz CT molecular complexity index is 1780. The summed E-state index contributed by atoms with van der Waals surface area (Å²) in [6.45, 7) is 15.6.